The number of nitrogens with zero attached hydrogens (tertiary/aromatic N) is 3. The van der Waals surface area contributed by atoms with Crippen molar-refractivity contribution >= 4 is 46.3 Å². The lowest BCUT2D eigenvalue weighted by atomic mass is 10.1. The number of amidine groups is 1. The zero-order chi connectivity index (χ0) is 25.1. The van der Waals surface area contributed by atoms with E-state index in [1.54, 1.807) is 37.3 Å². The molecule has 1 saturated heterocycles. The lowest BCUT2D eigenvalue weighted by Gasteiger charge is -2.12. The van der Waals surface area contributed by atoms with Gasteiger partial charge >= 0.3 is 0 Å². The van der Waals surface area contributed by atoms with E-state index in [0.29, 0.717) is 39.4 Å². The Bertz CT molecular complexity index is 1390. The van der Waals surface area contributed by atoms with E-state index < -0.39 is 10.9 Å². The molecule has 4 rings (SSSR count). The third-order valence-electron chi connectivity index (χ3n) is 5.07. The maximum atomic E-state index is 12.9. The number of methoxy groups -OCH3 is 1. The summed E-state index contributed by atoms with van der Waals surface area (Å²) < 4.78 is 11.1. The highest BCUT2D eigenvalue weighted by Gasteiger charge is 2.32. The van der Waals surface area contributed by atoms with Crippen molar-refractivity contribution in [1.82, 2.24) is 4.90 Å². The number of carboxylic acid groups (broad SMARTS) is 1. The molecule has 0 bridgehead atoms. The first-order chi connectivity index (χ1) is 16.8. The van der Waals surface area contributed by atoms with E-state index in [-0.39, 0.29) is 22.9 Å². The number of amides is 1. The number of nitro groups is 1. The maximum Gasteiger partial charge on any atom is 0.273 e. The molecule has 1 amide bonds. The molecule has 11 heteroatoms. The van der Waals surface area contributed by atoms with Crippen LogP contribution in [0.2, 0.25) is 0 Å². The van der Waals surface area contributed by atoms with Crippen LogP contribution in [-0.2, 0) is 4.79 Å². The first kappa shape index (κ1) is 23.8. The van der Waals surface area contributed by atoms with E-state index in [1.165, 1.54) is 42.3 Å². The number of hydrogen-bond donors (Lipinski definition) is 0. The Morgan fingerprint density at radius 3 is 2.71 bits per heavy atom. The third-order valence-corrected chi connectivity index (χ3v) is 6.08. The molecule has 1 aliphatic rings. The van der Waals surface area contributed by atoms with E-state index in [1.807, 2.05) is 0 Å². The van der Waals surface area contributed by atoms with Gasteiger partial charge in [-0.05, 0) is 54.6 Å². The topological polar surface area (TPSA) is 138 Å². The second-order valence-corrected chi connectivity index (χ2v) is 8.25. The Kier molecular flexibility index (Phi) is 6.69. The molecule has 1 aliphatic heterocycles. The molecule has 0 aliphatic carbocycles. The number of benzene rings is 2. The predicted octanol–water partition coefficient (Wildman–Crippen LogP) is 3.85. The van der Waals surface area contributed by atoms with Gasteiger partial charge in [0, 0.05) is 18.7 Å². The van der Waals surface area contributed by atoms with Crippen LogP contribution in [0.4, 0.5) is 11.4 Å². The van der Waals surface area contributed by atoms with Gasteiger partial charge in [0.1, 0.15) is 17.3 Å². The molecule has 0 N–H and O–H groups in total. The van der Waals surface area contributed by atoms with Gasteiger partial charge in [0.05, 0.1) is 40.2 Å². The fourth-order valence-corrected chi connectivity index (χ4v) is 4.43. The Morgan fingerprint density at radius 1 is 1.23 bits per heavy atom. The molecule has 1 fully saturated rings. The number of furan rings is 1. The van der Waals surface area contributed by atoms with Crippen molar-refractivity contribution < 1.29 is 28.8 Å². The molecular formula is C24H18N3O7S-. The summed E-state index contributed by atoms with van der Waals surface area (Å²) in [6.07, 6.45) is 1.58. The van der Waals surface area contributed by atoms with E-state index >= 15 is 0 Å². The van der Waals surface area contributed by atoms with Gasteiger partial charge in [-0.25, -0.2) is 4.99 Å². The molecule has 0 saturated carbocycles. The van der Waals surface area contributed by atoms with Crippen LogP contribution in [0.3, 0.4) is 0 Å². The summed E-state index contributed by atoms with van der Waals surface area (Å²) in [7, 11) is 1.41. The molecule has 178 valence electrons. The minimum Gasteiger partial charge on any atom is -0.545 e. The number of carbonyl (C=O) groups is 2. The van der Waals surface area contributed by atoms with Crippen molar-refractivity contribution in [1.29, 1.82) is 0 Å². The molecule has 1 aromatic heterocycles. The lowest BCUT2D eigenvalue weighted by Crippen LogP contribution is -2.28. The average Bonchev–Trinajstić information content (AvgIpc) is 3.42. The summed E-state index contributed by atoms with van der Waals surface area (Å²) in [5.74, 6) is -0.483. The number of carboxylic acids is 1. The first-order valence-corrected chi connectivity index (χ1v) is 11.2. The summed E-state index contributed by atoms with van der Waals surface area (Å²) in [5, 5.41) is 22.6. The minimum absolute atomic E-state index is 0.00947. The summed E-state index contributed by atoms with van der Waals surface area (Å²) >= 11 is 1.14. The number of thioether (sulfide) groups is 1. The van der Waals surface area contributed by atoms with Gasteiger partial charge in [0.15, 0.2) is 5.17 Å². The van der Waals surface area contributed by atoms with Crippen LogP contribution in [0.1, 0.15) is 23.0 Å². The molecule has 0 unspecified atom stereocenters. The second kappa shape index (κ2) is 9.85. The zero-order valence-corrected chi connectivity index (χ0v) is 19.4. The van der Waals surface area contributed by atoms with E-state index in [9.17, 15) is 24.8 Å². The number of aliphatic imine (C=N–C) groups is 1. The molecule has 0 atom stereocenters. The van der Waals surface area contributed by atoms with Gasteiger partial charge in [-0.3, -0.25) is 19.8 Å². The number of rotatable bonds is 7. The Hall–Kier alpha value is -4.38. The lowest BCUT2D eigenvalue weighted by molar-refractivity contribution is -0.384. The number of likely N-dealkylation sites (N-methyl/N-ethyl adjacent to an activating group) is 1. The van der Waals surface area contributed by atoms with Crippen LogP contribution in [0, 0.1) is 10.1 Å². The molecular weight excluding hydrogens is 474 g/mol. The van der Waals surface area contributed by atoms with Crippen LogP contribution < -0.4 is 9.84 Å². The maximum absolute atomic E-state index is 12.9. The smallest absolute Gasteiger partial charge is 0.273 e. The Morgan fingerprint density at radius 2 is 2.03 bits per heavy atom. The van der Waals surface area contributed by atoms with E-state index in [2.05, 4.69) is 4.99 Å². The highest BCUT2D eigenvalue weighted by atomic mass is 32.2. The highest BCUT2D eigenvalue weighted by molar-refractivity contribution is 8.18. The quantitative estimate of drug-likeness (QED) is 0.275. The average molecular weight is 492 g/mol. The molecule has 3 aromatic rings. The van der Waals surface area contributed by atoms with Crippen LogP contribution in [-0.4, -0.2) is 40.5 Å². The summed E-state index contributed by atoms with van der Waals surface area (Å²) in [4.78, 5) is 40.9. The SMILES string of the molecule is CCN1C(=O)/C(=C\c2ccc(-c3ccc([N+](=O)[O-])cc3OC)o2)SC1=Nc1cccc(C(=O)[O-])c1. The number of hydrogen-bond acceptors (Lipinski definition) is 9. The van der Waals surface area contributed by atoms with Crippen molar-refractivity contribution in [2.75, 3.05) is 13.7 Å². The highest BCUT2D eigenvalue weighted by Crippen LogP contribution is 2.37. The largest absolute Gasteiger partial charge is 0.545 e. The molecule has 0 spiro atoms. The number of carbonyl (C=O) groups excluding carboxylic acids is 2. The molecule has 10 nitrogen and oxygen atoms in total. The monoisotopic (exact) mass is 492 g/mol. The molecule has 2 aromatic carbocycles. The minimum atomic E-state index is -1.31. The van der Waals surface area contributed by atoms with Crippen LogP contribution in [0.5, 0.6) is 5.75 Å². The number of non-ortho nitro benzene ring substituents is 1. The van der Waals surface area contributed by atoms with Gasteiger partial charge < -0.3 is 19.1 Å². The van der Waals surface area contributed by atoms with Crippen molar-refractivity contribution in [3.8, 4) is 17.1 Å². The van der Waals surface area contributed by atoms with E-state index in [4.69, 9.17) is 9.15 Å². The molecule has 0 radical (unpaired) electrons. The standard InChI is InChI=1S/C24H19N3O7S/c1-3-26-22(28)21(35-24(26)25-15-6-4-5-14(11-15)23(29)30)13-17-8-10-19(34-17)18-9-7-16(27(31)32)12-20(18)33-2/h4-13H,3H2,1-2H3,(H,29,30)/p-1/b21-13+,25-24?. The van der Waals surface area contributed by atoms with Gasteiger partial charge in [0.2, 0.25) is 0 Å². The Balaban J connectivity index is 1.63. The summed E-state index contributed by atoms with van der Waals surface area (Å²) in [6, 6.07) is 13.5. The molecule has 35 heavy (non-hydrogen) atoms. The fraction of sp³-hybridized carbons (Fsp3) is 0.125. The first-order valence-electron chi connectivity index (χ1n) is 10.3. The van der Waals surface area contributed by atoms with Crippen molar-refractivity contribution in [3.63, 3.8) is 0 Å². The Labute approximate surface area is 203 Å². The van der Waals surface area contributed by atoms with Gasteiger partial charge in [-0.2, -0.15) is 0 Å². The number of ether oxygens (including phenoxy) is 1. The number of aromatic carboxylic acids is 1. The third kappa shape index (κ3) is 4.94. The van der Waals surface area contributed by atoms with Crippen LogP contribution in [0.15, 0.2) is 68.9 Å². The van der Waals surface area contributed by atoms with Crippen molar-refractivity contribution in [2.45, 2.75) is 6.92 Å². The van der Waals surface area contributed by atoms with Gasteiger partial charge in [0.25, 0.3) is 11.6 Å². The van der Waals surface area contributed by atoms with Crippen molar-refractivity contribution in [2.24, 2.45) is 4.99 Å². The summed E-state index contributed by atoms with van der Waals surface area (Å²) in [5.41, 5.74) is 0.791. The van der Waals surface area contributed by atoms with E-state index in [0.717, 1.165) is 11.8 Å². The number of nitro benzene ring substituents is 1. The van der Waals surface area contributed by atoms with Crippen molar-refractivity contribution in [3.05, 3.63) is 80.9 Å². The predicted molar refractivity (Wildman–Crippen MR) is 128 cm³/mol. The molecule has 2 heterocycles. The zero-order valence-electron chi connectivity index (χ0n) is 18.6. The van der Waals surface area contributed by atoms with Gasteiger partial charge in [-0.15, -0.1) is 0 Å². The van der Waals surface area contributed by atoms with Crippen LogP contribution >= 0.6 is 11.8 Å². The normalized spacial score (nSPS) is 15.7. The van der Waals surface area contributed by atoms with Gasteiger partial charge in [-0.1, -0.05) is 12.1 Å². The fourth-order valence-electron chi connectivity index (χ4n) is 3.38. The van der Waals surface area contributed by atoms with Crippen LogP contribution in [0.25, 0.3) is 17.4 Å². The summed E-state index contributed by atoms with van der Waals surface area (Å²) in [6.45, 7) is 2.17. The second-order valence-electron chi connectivity index (χ2n) is 7.24.